The minimum absolute atomic E-state index is 0.338. The molecule has 0 aromatic carbocycles. The van der Waals surface area contributed by atoms with Crippen molar-refractivity contribution >= 4 is 11.6 Å². The Labute approximate surface area is 105 Å². The van der Waals surface area contributed by atoms with Crippen LogP contribution >= 0.6 is 11.6 Å². The first-order chi connectivity index (χ1) is 8.13. The summed E-state index contributed by atoms with van der Waals surface area (Å²) in [5.74, 6) is 0.631. The summed E-state index contributed by atoms with van der Waals surface area (Å²) >= 11 is 6.10. The fourth-order valence-corrected chi connectivity index (χ4v) is 1.72. The van der Waals surface area contributed by atoms with Gasteiger partial charge in [0.1, 0.15) is 17.1 Å². The first-order valence-corrected chi connectivity index (χ1v) is 5.51. The van der Waals surface area contributed by atoms with Crippen LogP contribution in [-0.2, 0) is 0 Å². The van der Waals surface area contributed by atoms with Crippen LogP contribution in [0, 0.1) is 13.8 Å². The zero-order valence-electron chi connectivity index (χ0n) is 9.86. The molecule has 0 amide bonds. The van der Waals surface area contributed by atoms with Gasteiger partial charge in [-0.05, 0) is 26.0 Å². The molecule has 0 atom stereocenters. The van der Waals surface area contributed by atoms with Gasteiger partial charge < -0.3 is 4.74 Å². The molecule has 0 saturated carbocycles. The van der Waals surface area contributed by atoms with E-state index in [0.29, 0.717) is 22.3 Å². The molecule has 0 aliphatic carbocycles. The number of hydrogen-bond donors (Lipinski definition) is 0. The molecule has 0 N–H and O–H groups in total. The Balaban J connectivity index is 2.64. The second-order valence-corrected chi connectivity index (χ2v) is 3.95. The third-order valence-electron chi connectivity index (χ3n) is 2.48. The zero-order valence-corrected chi connectivity index (χ0v) is 10.6. The lowest BCUT2D eigenvalue weighted by Crippen LogP contribution is -1.99. The molecular weight excluding hydrogens is 238 g/mol. The summed E-state index contributed by atoms with van der Waals surface area (Å²) < 4.78 is 5.24. The molecule has 4 nitrogen and oxygen atoms in total. The topological polar surface area (TPSA) is 47.9 Å². The number of aryl methyl sites for hydroxylation is 2. The molecule has 2 aromatic rings. The van der Waals surface area contributed by atoms with Crippen LogP contribution < -0.4 is 4.74 Å². The van der Waals surface area contributed by atoms with Crippen LogP contribution in [0.4, 0.5) is 0 Å². The smallest absolute Gasteiger partial charge is 0.157 e. The fourth-order valence-electron chi connectivity index (χ4n) is 1.46. The number of methoxy groups -OCH3 is 1. The van der Waals surface area contributed by atoms with Crippen molar-refractivity contribution in [3.63, 3.8) is 0 Å². The highest BCUT2D eigenvalue weighted by Gasteiger charge is 2.14. The number of nitrogens with zero attached hydrogens (tertiary/aromatic N) is 3. The minimum atomic E-state index is 0.338. The standard InChI is InChI=1S/C12H12ClN3O/c1-7-8(2)16-12(13)11(15-7)10-9(17-3)5-4-6-14-10/h4-6H,1-3H3. The molecule has 88 valence electrons. The summed E-state index contributed by atoms with van der Waals surface area (Å²) in [6, 6.07) is 3.61. The molecule has 2 rings (SSSR count). The van der Waals surface area contributed by atoms with Crippen LogP contribution in [0.5, 0.6) is 5.75 Å². The van der Waals surface area contributed by atoms with Crippen molar-refractivity contribution in [2.75, 3.05) is 7.11 Å². The van der Waals surface area contributed by atoms with Crippen LogP contribution in [0.1, 0.15) is 11.4 Å². The van der Waals surface area contributed by atoms with E-state index in [9.17, 15) is 0 Å². The minimum Gasteiger partial charge on any atom is -0.494 e. The van der Waals surface area contributed by atoms with Crippen molar-refractivity contribution < 1.29 is 4.74 Å². The molecule has 0 saturated heterocycles. The summed E-state index contributed by atoms with van der Waals surface area (Å²) in [6.45, 7) is 3.76. The lowest BCUT2D eigenvalue weighted by atomic mass is 10.2. The van der Waals surface area contributed by atoms with Gasteiger partial charge in [0.15, 0.2) is 5.15 Å². The Morgan fingerprint density at radius 3 is 2.53 bits per heavy atom. The lowest BCUT2D eigenvalue weighted by Gasteiger charge is -2.09. The number of pyridine rings is 1. The predicted molar refractivity (Wildman–Crippen MR) is 66.3 cm³/mol. The summed E-state index contributed by atoms with van der Waals surface area (Å²) in [4.78, 5) is 12.9. The van der Waals surface area contributed by atoms with Gasteiger partial charge in [0, 0.05) is 6.20 Å². The van der Waals surface area contributed by atoms with Gasteiger partial charge in [0.05, 0.1) is 18.5 Å². The first kappa shape index (κ1) is 11.8. The Kier molecular flexibility index (Phi) is 3.24. The van der Waals surface area contributed by atoms with E-state index < -0.39 is 0 Å². The molecule has 2 aromatic heterocycles. The molecule has 0 unspecified atom stereocenters. The van der Waals surface area contributed by atoms with Crippen LogP contribution in [0.2, 0.25) is 5.15 Å². The van der Waals surface area contributed by atoms with Gasteiger partial charge in [-0.15, -0.1) is 0 Å². The molecule has 0 bridgehead atoms. The number of aromatic nitrogens is 3. The van der Waals surface area contributed by atoms with Gasteiger partial charge in [0.2, 0.25) is 0 Å². The summed E-state index contributed by atoms with van der Waals surface area (Å²) in [5.41, 5.74) is 2.80. The van der Waals surface area contributed by atoms with Crippen molar-refractivity contribution in [2.24, 2.45) is 0 Å². The molecule has 0 radical (unpaired) electrons. The molecule has 17 heavy (non-hydrogen) atoms. The monoisotopic (exact) mass is 249 g/mol. The highest BCUT2D eigenvalue weighted by Crippen LogP contribution is 2.30. The first-order valence-electron chi connectivity index (χ1n) is 5.13. The van der Waals surface area contributed by atoms with E-state index in [1.54, 1.807) is 19.4 Å². The highest BCUT2D eigenvalue weighted by molar-refractivity contribution is 6.31. The average molecular weight is 250 g/mol. The van der Waals surface area contributed by atoms with Crippen LogP contribution in [0.15, 0.2) is 18.3 Å². The van der Waals surface area contributed by atoms with E-state index >= 15 is 0 Å². The third kappa shape index (κ3) is 2.22. The maximum absolute atomic E-state index is 6.10. The average Bonchev–Trinajstić information content (AvgIpc) is 2.34. The number of hydrogen-bond acceptors (Lipinski definition) is 4. The summed E-state index contributed by atoms with van der Waals surface area (Å²) in [6.07, 6.45) is 1.67. The van der Waals surface area contributed by atoms with Gasteiger partial charge in [-0.2, -0.15) is 0 Å². The third-order valence-corrected chi connectivity index (χ3v) is 2.74. The predicted octanol–water partition coefficient (Wildman–Crippen LogP) is 2.82. The molecular formula is C12H12ClN3O. The Morgan fingerprint density at radius 1 is 1.12 bits per heavy atom. The molecule has 0 aliphatic rings. The van der Waals surface area contributed by atoms with Crippen molar-refractivity contribution in [1.82, 2.24) is 15.0 Å². The van der Waals surface area contributed by atoms with Gasteiger partial charge in [0.25, 0.3) is 0 Å². The summed E-state index contributed by atoms with van der Waals surface area (Å²) in [5, 5.41) is 0.338. The molecule has 0 spiro atoms. The zero-order chi connectivity index (χ0) is 12.4. The van der Waals surface area contributed by atoms with Gasteiger partial charge in [-0.1, -0.05) is 11.6 Å². The van der Waals surface area contributed by atoms with Crippen molar-refractivity contribution in [3.8, 4) is 17.1 Å². The van der Waals surface area contributed by atoms with Gasteiger partial charge >= 0.3 is 0 Å². The molecule has 2 heterocycles. The Bertz CT molecular complexity index is 557. The molecule has 0 aliphatic heterocycles. The van der Waals surface area contributed by atoms with E-state index in [-0.39, 0.29) is 0 Å². The van der Waals surface area contributed by atoms with Crippen LogP contribution in [-0.4, -0.2) is 22.1 Å². The van der Waals surface area contributed by atoms with E-state index in [2.05, 4.69) is 15.0 Å². The van der Waals surface area contributed by atoms with Crippen molar-refractivity contribution in [1.29, 1.82) is 0 Å². The maximum atomic E-state index is 6.10. The second kappa shape index (κ2) is 4.67. The Morgan fingerprint density at radius 2 is 1.82 bits per heavy atom. The largest absolute Gasteiger partial charge is 0.494 e. The highest BCUT2D eigenvalue weighted by atomic mass is 35.5. The number of ether oxygens (including phenoxy) is 1. The van der Waals surface area contributed by atoms with Gasteiger partial charge in [-0.25, -0.2) is 9.97 Å². The van der Waals surface area contributed by atoms with Gasteiger partial charge in [-0.3, -0.25) is 4.98 Å². The fraction of sp³-hybridized carbons (Fsp3) is 0.250. The summed E-state index contributed by atoms with van der Waals surface area (Å²) in [7, 11) is 1.59. The lowest BCUT2D eigenvalue weighted by molar-refractivity contribution is 0.414. The maximum Gasteiger partial charge on any atom is 0.157 e. The van der Waals surface area contributed by atoms with Crippen molar-refractivity contribution in [2.45, 2.75) is 13.8 Å². The quantitative estimate of drug-likeness (QED) is 0.821. The number of halogens is 1. The van der Waals surface area contributed by atoms with E-state index in [1.807, 2.05) is 19.9 Å². The Hall–Kier alpha value is -1.68. The normalized spacial score (nSPS) is 10.4. The SMILES string of the molecule is COc1cccnc1-c1nc(C)c(C)nc1Cl. The molecule has 0 fully saturated rings. The van der Waals surface area contributed by atoms with Crippen LogP contribution in [0.3, 0.4) is 0 Å². The van der Waals surface area contributed by atoms with Crippen molar-refractivity contribution in [3.05, 3.63) is 34.9 Å². The van der Waals surface area contributed by atoms with E-state index in [4.69, 9.17) is 16.3 Å². The number of rotatable bonds is 2. The van der Waals surface area contributed by atoms with E-state index in [1.165, 1.54) is 0 Å². The molecule has 5 heteroatoms. The van der Waals surface area contributed by atoms with Crippen LogP contribution in [0.25, 0.3) is 11.4 Å². The second-order valence-electron chi connectivity index (χ2n) is 3.59. The van der Waals surface area contributed by atoms with E-state index in [0.717, 1.165) is 11.4 Å².